The van der Waals surface area contributed by atoms with Gasteiger partial charge in [-0.3, -0.25) is 9.78 Å². The van der Waals surface area contributed by atoms with Gasteiger partial charge in [-0.15, -0.1) is 0 Å². The summed E-state index contributed by atoms with van der Waals surface area (Å²) >= 11 is 0. The summed E-state index contributed by atoms with van der Waals surface area (Å²) < 4.78 is 0. The lowest BCUT2D eigenvalue weighted by Crippen LogP contribution is -2.14. The van der Waals surface area contributed by atoms with Gasteiger partial charge in [0, 0.05) is 17.6 Å². The van der Waals surface area contributed by atoms with Gasteiger partial charge in [0.05, 0.1) is 11.2 Å². The molecular formula is C24H19N3O. The number of rotatable bonds is 3. The molecule has 0 bridgehead atoms. The summed E-state index contributed by atoms with van der Waals surface area (Å²) in [5, 5.41) is 4.06. The predicted molar refractivity (Wildman–Crippen MR) is 112 cm³/mol. The molecule has 1 aliphatic rings. The normalized spacial score (nSPS) is 15.5. The van der Waals surface area contributed by atoms with E-state index in [1.54, 1.807) is 0 Å². The van der Waals surface area contributed by atoms with Crippen LogP contribution in [-0.4, -0.2) is 10.9 Å². The number of hydrogen-bond donors (Lipinski definition) is 2. The average molecular weight is 365 g/mol. The summed E-state index contributed by atoms with van der Waals surface area (Å²) in [5.41, 5.74) is 12.5. The van der Waals surface area contributed by atoms with Gasteiger partial charge < -0.3 is 11.1 Å². The van der Waals surface area contributed by atoms with Gasteiger partial charge in [0.1, 0.15) is 5.92 Å². The summed E-state index contributed by atoms with van der Waals surface area (Å²) in [6.07, 6.45) is 0. The monoisotopic (exact) mass is 365 g/mol. The highest BCUT2D eigenvalue weighted by molar-refractivity contribution is 6.05. The van der Waals surface area contributed by atoms with E-state index in [0.717, 1.165) is 44.5 Å². The van der Waals surface area contributed by atoms with E-state index < -0.39 is 5.92 Å². The number of aromatic nitrogens is 1. The molecule has 1 unspecified atom stereocenters. The van der Waals surface area contributed by atoms with Crippen molar-refractivity contribution < 1.29 is 4.79 Å². The Kier molecular flexibility index (Phi) is 3.92. The fraction of sp³-hybridized carbons (Fsp3) is 0.0833. The molecular weight excluding hydrogens is 346 g/mol. The second kappa shape index (κ2) is 6.59. The molecule has 1 atom stereocenters. The Labute approximate surface area is 163 Å². The van der Waals surface area contributed by atoms with Gasteiger partial charge in [0.15, 0.2) is 0 Å². The first-order valence-corrected chi connectivity index (χ1v) is 9.33. The Morgan fingerprint density at radius 3 is 2.50 bits per heavy atom. The van der Waals surface area contributed by atoms with E-state index in [9.17, 15) is 4.79 Å². The number of anilines is 1. The molecule has 5 rings (SSSR count). The van der Waals surface area contributed by atoms with E-state index in [1.165, 1.54) is 0 Å². The van der Waals surface area contributed by atoms with Crippen molar-refractivity contribution in [1.82, 2.24) is 4.98 Å². The molecule has 0 saturated carbocycles. The van der Waals surface area contributed by atoms with E-state index in [4.69, 9.17) is 10.7 Å². The number of amides is 1. The molecule has 3 aromatic carbocycles. The maximum absolute atomic E-state index is 12.7. The van der Waals surface area contributed by atoms with Crippen molar-refractivity contribution in [2.75, 3.05) is 5.32 Å². The van der Waals surface area contributed by atoms with Gasteiger partial charge in [0.25, 0.3) is 0 Å². The zero-order chi connectivity index (χ0) is 19.1. The smallest absolute Gasteiger partial charge is 0.238 e. The number of nitrogens with two attached hydrogens (primary N) is 1. The molecule has 28 heavy (non-hydrogen) atoms. The molecule has 4 heteroatoms. The third-order valence-corrected chi connectivity index (χ3v) is 5.32. The summed E-state index contributed by atoms with van der Waals surface area (Å²) in [5.74, 6) is -0.434. The molecule has 1 aromatic heterocycles. The molecule has 2 heterocycles. The first-order valence-electron chi connectivity index (χ1n) is 9.33. The lowest BCUT2D eigenvalue weighted by molar-refractivity contribution is -0.116. The minimum Gasteiger partial charge on any atom is -0.326 e. The Bertz CT molecular complexity index is 1200. The number of pyridine rings is 1. The molecule has 0 fully saturated rings. The number of hydrogen-bond acceptors (Lipinski definition) is 3. The number of nitrogens with zero attached hydrogens (tertiary/aromatic N) is 1. The molecule has 3 N–H and O–H groups in total. The average Bonchev–Trinajstić information content (AvgIpc) is 3.08. The van der Waals surface area contributed by atoms with Crippen LogP contribution in [0.1, 0.15) is 22.7 Å². The van der Waals surface area contributed by atoms with Crippen molar-refractivity contribution in [3.05, 3.63) is 95.7 Å². The van der Waals surface area contributed by atoms with Gasteiger partial charge in [-0.2, -0.15) is 0 Å². The van der Waals surface area contributed by atoms with Crippen molar-refractivity contribution in [2.24, 2.45) is 5.73 Å². The van der Waals surface area contributed by atoms with Gasteiger partial charge in [0.2, 0.25) is 5.91 Å². The van der Waals surface area contributed by atoms with Crippen molar-refractivity contribution in [1.29, 1.82) is 0 Å². The van der Waals surface area contributed by atoms with E-state index >= 15 is 0 Å². The highest BCUT2D eigenvalue weighted by atomic mass is 16.2. The zero-order valence-corrected chi connectivity index (χ0v) is 15.2. The fourth-order valence-electron chi connectivity index (χ4n) is 3.81. The maximum Gasteiger partial charge on any atom is 0.238 e. The number of nitrogens with one attached hydrogen (secondary N) is 1. The van der Waals surface area contributed by atoms with Crippen LogP contribution in [0, 0.1) is 0 Å². The summed E-state index contributed by atoms with van der Waals surface area (Å²) in [7, 11) is 0. The lowest BCUT2D eigenvalue weighted by atomic mass is 9.93. The van der Waals surface area contributed by atoms with Crippen molar-refractivity contribution in [3.8, 4) is 11.1 Å². The molecule has 1 amide bonds. The van der Waals surface area contributed by atoms with Gasteiger partial charge >= 0.3 is 0 Å². The zero-order valence-electron chi connectivity index (χ0n) is 15.2. The molecule has 4 nitrogen and oxygen atoms in total. The van der Waals surface area contributed by atoms with Crippen LogP contribution in [-0.2, 0) is 11.3 Å². The topological polar surface area (TPSA) is 68.0 Å². The van der Waals surface area contributed by atoms with E-state index in [0.29, 0.717) is 6.54 Å². The lowest BCUT2D eigenvalue weighted by Gasteiger charge is -2.11. The summed E-state index contributed by atoms with van der Waals surface area (Å²) in [6, 6.07) is 26.2. The first-order chi connectivity index (χ1) is 13.7. The van der Waals surface area contributed by atoms with E-state index in [-0.39, 0.29) is 5.91 Å². The Morgan fingerprint density at radius 2 is 1.68 bits per heavy atom. The van der Waals surface area contributed by atoms with E-state index in [1.807, 2.05) is 60.7 Å². The number of para-hydroxylation sites is 1. The highest BCUT2D eigenvalue weighted by Gasteiger charge is 2.33. The number of fused-ring (bicyclic) bond motifs is 2. The summed E-state index contributed by atoms with van der Waals surface area (Å²) in [4.78, 5) is 17.5. The van der Waals surface area contributed by atoms with Crippen molar-refractivity contribution >= 4 is 22.5 Å². The van der Waals surface area contributed by atoms with Gasteiger partial charge in [-0.25, -0.2) is 0 Å². The number of benzene rings is 3. The van der Waals surface area contributed by atoms with Gasteiger partial charge in [-0.05, 0) is 46.5 Å². The highest BCUT2D eigenvalue weighted by Crippen LogP contribution is 2.39. The SMILES string of the molecule is NCc1ccc(-c2ccc3c(c2)C(c2ccc4ccccc4n2)C(=O)N3)cc1. The van der Waals surface area contributed by atoms with Crippen LogP contribution in [0.4, 0.5) is 5.69 Å². The van der Waals surface area contributed by atoms with Crippen LogP contribution in [0.3, 0.4) is 0 Å². The Morgan fingerprint density at radius 1 is 0.893 bits per heavy atom. The van der Waals surface area contributed by atoms with Crippen LogP contribution in [0.2, 0.25) is 0 Å². The molecule has 0 radical (unpaired) electrons. The quantitative estimate of drug-likeness (QED) is 0.564. The number of carbonyl (C=O) groups is 1. The standard InChI is InChI=1S/C24H19N3O/c25-14-15-5-7-16(8-6-15)18-10-11-21-19(13-18)23(24(28)27-21)22-12-9-17-3-1-2-4-20(17)26-22/h1-13,23H,14,25H2,(H,27,28). The molecule has 4 aromatic rings. The third-order valence-electron chi connectivity index (χ3n) is 5.32. The fourth-order valence-corrected chi connectivity index (χ4v) is 3.81. The molecule has 136 valence electrons. The number of carbonyl (C=O) groups excluding carboxylic acids is 1. The van der Waals surface area contributed by atoms with Crippen LogP contribution in [0.5, 0.6) is 0 Å². The van der Waals surface area contributed by atoms with Gasteiger partial charge in [-0.1, -0.05) is 54.6 Å². The second-order valence-electron chi connectivity index (χ2n) is 7.05. The second-order valence-corrected chi connectivity index (χ2v) is 7.05. The van der Waals surface area contributed by atoms with Crippen LogP contribution in [0.15, 0.2) is 78.9 Å². The molecule has 0 spiro atoms. The first kappa shape index (κ1) is 16.7. The predicted octanol–water partition coefficient (Wildman–Crippen LogP) is 4.44. The maximum atomic E-state index is 12.7. The molecule has 0 saturated heterocycles. The largest absolute Gasteiger partial charge is 0.326 e. The molecule has 0 aliphatic carbocycles. The van der Waals surface area contributed by atoms with Crippen molar-refractivity contribution in [3.63, 3.8) is 0 Å². The Balaban J connectivity index is 1.59. The summed E-state index contributed by atoms with van der Waals surface area (Å²) in [6.45, 7) is 0.526. The Hall–Kier alpha value is -3.50. The molecule has 1 aliphatic heterocycles. The van der Waals surface area contributed by atoms with Crippen molar-refractivity contribution in [2.45, 2.75) is 12.5 Å². The third kappa shape index (κ3) is 2.75. The van der Waals surface area contributed by atoms with Crippen LogP contribution < -0.4 is 11.1 Å². The van der Waals surface area contributed by atoms with Crippen LogP contribution in [0.25, 0.3) is 22.0 Å². The van der Waals surface area contributed by atoms with Crippen LogP contribution >= 0.6 is 0 Å². The minimum absolute atomic E-state index is 0.0339. The van der Waals surface area contributed by atoms with E-state index in [2.05, 4.69) is 23.5 Å². The minimum atomic E-state index is -0.400.